The van der Waals surface area contributed by atoms with E-state index in [1.165, 1.54) is 16.0 Å². The molecule has 1 unspecified atom stereocenters. The lowest BCUT2D eigenvalue weighted by Crippen LogP contribution is -2.28. The van der Waals surface area contributed by atoms with E-state index in [4.69, 9.17) is 16.3 Å². The number of aryl methyl sites for hydroxylation is 2. The van der Waals surface area contributed by atoms with Crippen molar-refractivity contribution in [3.8, 4) is 5.75 Å². The lowest BCUT2D eigenvalue weighted by molar-refractivity contribution is 0.159. The van der Waals surface area contributed by atoms with Crippen LogP contribution >= 0.6 is 23.4 Å². The van der Waals surface area contributed by atoms with Crippen LogP contribution in [-0.2, 0) is 11.8 Å². The lowest BCUT2D eigenvalue weighted by atomic mass is 9.78. The zero-order valence-corrected chi connectivity index (χ0v) is 17.3. The van der Waals surface area contributed by atoms with E-state index in [0.29, 0.717) is 12.2 Å². The zero-order chi connectivity index (χ0) is 18.7. The van der Waals surface area contributed by atoms with Crippen molar-refractivity contribution in [3.63, 3.8) is 0 Å². The average Bonchev–Trinajstić information content (AvgIpc) is 2.60. The van der Waals surface area contributed by atoms with Crippen molar-refractivity contribution in [3.05, 3.63) is 58.1 Å². The third kappa shape index (κ3) is 4.76. The molecule has 1 atom stereocenters. The van der Waals surface area contributed by atoms with Gasteiger partial charge in [-0.25, -0.2) is 0 Å². The van der Waals surface area contributed by atoms with Gasteiger partial charge in [-0.15, -0.1) is 11.8 Å². The van der Waals surface area contributed by atoms with Crippen LogP contribution in [0.5, 0.6) is 5.75 Å². The van der Waals surface area contributed by atoms with E-state index in [2.05, 4.69) is 45.0 Å². The molecule has 0 radical (unpaired) electrons. The number of thioether (sulfide) groups is 1. The van der Waals surface area contributed by atoms with Crippen molar-refractivity contribution < 1.29 is 9.84 Å². The standard InChI is InChI=1S/C22H27ClO2S/c1-15-6-8-19(9-7-15)26-14-18(24)13-22(2,3)20-12-17(23)11-16-5-4-10-25-21(16)20/h6-9,11-12,18,24H,4-5,10,13-14H2,1-3H3. The third-order valence-electron chi connectivity index (χ3n) is 4.91. The van der Waals surface area contributed by atoms with Gasteiger partial charge in [0.05, 0.1) is 12.7 Å². The molecule has 1 aliphatic rings. The molecule has 2 nitrogen and oxygen atoms in total. The first-order valence-electron chi connectivity index (χ1n) is 9.18. The van der Waals surface area contributed by atoms with Gasteiger partial charge in [0.25, 0.3) is 0 Å². The maximum atomic E-state index is 10.6. The fourth-order valence-corrected chi connectivity index (χ4v) is 4.60. The summed E-state index contributed by atoms with van der Waals surface area (Å²) in [4.78, 5) is 1.19. The molecule has 0 saturated carbocycles. The van der Waals surface area contributed by atoms with Crippen LogP contribution in [0.2, 0.25) is 5.02 Å². The maximum absolute atomic E-state index is 10.6. The predicted molar refractivity (Wildman–Crippen MR) is 111 cm³/mol. The minimum atomic E-state index is -0.394. The summed E-state index contributed by atoms with van der Waals surface area (Å²) in [5.41, 5.74) is 3.34. The van der Waals surface area contributed by atoms with E-state index in [-0.39, 0.29) is 5.41 Å². The molecule has 3 rings (SSSR count). The van der Waals surface area contributed by atoms with E-state index in [9.17, 15) is 5.11 Å². The van der Waals surface area contributed by atoms with E-state index in [1.807, 2.05) is 12.1 Å². The van der Waals surface area contributed by atoms with Gasteiger partial charge in [0.1, 0.15) is 5.75 Å². The van der Waals surface area contributed by atoms with Crippen molar-refractivity contribution >= 4 is 23.4 Å². The summed E-state index contributed by atoms with van der Waals surface area (Å²) < 4.78 is 5.97. The number of halogens is 1. The topological polar surface area (TPSA) is 29.5 Å². The van der Waals surface area contributed by atoms with Crippen molar-refractivity contribution in [2.24, 2.45) is 0 Å². The Morgan fingerprint density at radius 2 is 1.96 bits per heavy atom. The van der Waals surface area contributed by atoms with Gasteiger partial charge in [-0.1, -0.05) is 43.1 Å². The molecule has 1 aliphatic heterocycles. The molecule has 4 heteroatoms. The van der Waals surface area contributed by atoms with Gasteiger partial charge in [-0.2, -0.15) is 0 Å². The second kappa shape index (κ2) is 8.24. The molecule has 1 heterocycles. The van der Waals surface area contributed by atoms with E-state index in [1.54, 1.807) is 11.8 Å². The van der Waals surface area contributed by atoms with E-state index in [0.717, 1.165) is 35.8 Å². The molecule has 0 amide bonds. The Kier molecular flexibility index (Phi) is 6.21. The molecule has 2 aromatic rings. The summed E-state index contributed by atoms with van der Waals surface area (Å²) in [6.07, 6.45) is 2.31. The number of aliphatic hydroxyl groups is 1. The summed E-state index contributed by atoms with van der Waals surface area (Å²) in [5.74, 6) is 1.65. The molecular weight excluding hydrogens is 364 g/mol. The van der Waals surface area contributed by atoms with E-state index < -0.39 is 6.10 Å². The van der Waals surface area contributed by atoms with Gasteiger partial charge < -0.3 is 9.84 Å². The van der Waals surface area contributed by atoms with Crippen LogP contribution in [0.3, 0.4) is 0 Å². The first-order chi connectivity index (χ1) is 12.3. The van der Waals surface area contributed by atoms with Crippen LogP contribution in [-0.4, -0.2) is 23.6 Å². The fourth-order valence-electron chi connectivity index (χ4n) is 3.53. The normalized spacial score (nSPS) is 15.3. The highest BCUT2D eigenvalue weighted by Crippen LogP contribution is 2.41. The molecule has 140 valence electrons. The Balaban J connectivity index is 1.70. The average molecular weight is 391 g/mol. The summed E-state index contributed by atoms with van der Waals surface area (Å²) in [6.45, 7) is 7.16. The lowest BCUT2D eigenvalue weighted by Gasteiger charge is -2.32. The monoisotopic (exact) mass is 390 g/mol. The Morgan fingerprint density at radius 3 is 2.69 bits per heavy atom. The predicted octanol–water partition coefficient (Wildman–Crippen LogP) is 5.79. The minimum Gasteiger partial charge on any atom is -0.493 e. The highest BCUT2D eigenvalue weighted by molar-refractivity contribution is 7.99. The van der Waals surface area contributed by atoms with Gasteiger partial charge in [0, 0.05) is 21.2 Å². The summed E-state index contributed by atoms with van der Waals surface area (Å²) in [7, 11) is 0. The Hall–Kier alpha value is -1.16. The van der Waals surface area contributed by atoms with E-state index >= 15 is 0 Å². The van der Waals surface area contributed by atoms with Gasteiger partial charge in [0.15, 0.2) is 0 Å². The molecule has 2 aromatic carbocycles. The molecule has 0 bridgehead atoms. The summed E-state index contributed by atoms with van der Waals surface area (Å²) >= 11 is 8.05. The van der Waals surface area contributed by atoms with Gasteiger partial charge in [-0.3, -0.25) is 0 Å². The Labute approximate surface area is 165 Å². The van der Waals surface area contributed by atoms with Gasteiger partial charge in [-0.05, 0) is 61.4 Å². The maximum Gasteiger partial charge on any atom is 0.126 e. The third-order valence-corrected chi connectivity index (χ3v) is 6.28. The zero-order valence-electron chi connectivity index (χ0n) is 15.7. The number of hydrogen-bond acceptors (Lipinski definition) is 3. The van der Waals surface area contributed by atoms with Crippen LogP contribution in [0.4, 0.5) is 0 Å². The quantitative estimate of drug-likeness (QED) is 0.632. The Morgan fingerprint density at radius 1 is 1.23 bits per heavy atom. The van der Waals surface area contributed by atoms with Crippen LogP contribution in [0.1, 0.15) is 43.4 Å². The number of aliphatic hydroxyl groups excluding tert-OH is 1. The van der Waals surface area contributed by atoms with Crippen molar-refractivity contribution in [2.75, 3.05) is 12.4 Å². The van der Waals surface area contributed by atoms with Crippen LogP contribution in [0.25, 0.3) is 0 Å². The number of fused-ring (bicyclic) bond motifs is 1. The van der Waals surface area contributed by atoms with Crippen LogP contribution in [0.15, 0.2) is 41.3 Å². The largest absolute Gasteiger partial charge is 0.493 e. The number of rotatable bonds is 6. The smallest absolute Gasteiger partial charge is 0.126 e. The molecule has 0 saturated heterocycles. The molecule has 0 fully saturated rings. The summed E-state index contributed by atoms with van der Waals surface area (Å²) in [5, 5.41) is 11.4. The van der Waals surface area contributed by atoms with Crippen LogP contribution < -0.4 is 4.74 Å². The second-order valence-electron chi connectivity index (χ2n) is 7.76. The van der Waals surface area contributed by atoms with Crippen molar-refractivity contribution in [1.29, 1.82) is 0 Å². The van der Waals surface area contributed by atoms with Crippen molar-refractivity contribution in [1.82, 2.24) is 0 Å². The SMILES string of the molecule is Cc1ccc(SCC(O)CC(C)(C)c2cc(Cl)cc3c2OCCC3)cc1. The Bertz CT molecular complexity index is 755. The molecule has 26 heavy (non-hydrogen) atoms. The molecular formula is C22H27ClO2S. The minimum absolute atomic E-state index is 0.209. The highest BCUT2D eigenvalue weighted by atomic mass is 35.5. The summed E-state index contributed by atoms with van der Waals surface area (Å²) in [6, 6.07) is 12.4. The number of hydrogen-bond donors (Lipinski definition) is 1. The van der Waals surface area contributed by atoms with Crippen LogP contribution in [0, 0.1) is 6.92 Å². The van der Waals surface area contributed by atoms with Gasteiger partial charge in [0.2, 0.25) is 0 Å². The molecule has 0 aromatic heterocycles. The fraction of sp³-hybridized carbons (Fsp3) is 0.455. The van der Waals surface area contributed by atoms with Gasteiger partial charge >= 0.3 is 0 Å². The van der Waals surface area contributed by atoms with Crippen molar-refractivity contribution in [2.45, 2.75) is 56.4 Å². The highest BCUT2D eigenvalue weighted by Gasteiger charge is 2.30. The molecule has 0 aliphatic carbocycles. The first-order valence-corrected chi connectivity index (χ1v) is 10.5. The molecule has 1 N–H and O–H groups in total. The first kappa shape index (κ1) is 19.6. The number of ether oxygens (including phenoxy) is 1. The number of benzene rings is 2. The second-order valence-corrected chi connectivity index (χ2v) is 9.29. The molecule has 0 spiro atoms.